The van der Waals surface area contributed by atoms with Crippen LogP contribution >= 0.6 is 0 Å². The van der Waals surface area contributed by atoms with Crippen LogP contribution in [-0.2, 0) is 12.8 Å². The monoisotopic (exact) mass is 146 g/mol. The molecule has 1 aromatic carbocycles. The molecule has 0 N–H and O–H groups in total. The lowest BCUT2D eigenvalue weighted by molar-refractivity contribution is 0.711. The molecule has 0 nitrogen and oxygen atoms in total. The van der Waals surface area contributed by atoms with Crippen molar-refractivity contribution < 1.29 is 0 Å². The Bertz CT molecular complexity index is 213. The Hall–Kier alpha value is -0.780. The first-order valence-electron chi connectivity index (χ1n) is 4.53. The molecular formula is C11H14. The molecule has 0 fully saturated rings. The van der Waals surface area contributed by atoms with Crippen molar-refractivity contribution in [3.05, 3.63) is 35.4 Å². The molecule has 0 aromatic heterocycles. The van der Waals surface area contributed by atoms with Crippen molar-refractivity contribution in [3.8, 4) is 0 Å². The molecule has 0 saturated heterocycles. The maximum absolute atomic E-state index is 2.28. The highest BCUT2D eigenvalue weighted by Crippen LogP contribution is 2.19. The molecule has 0 aliphatic heterocycles. The Morgan fingerprint density at radius 3 is 1.82 bits per heavy atom. The topological polar surface area (TPSA) is 0 Å². The van der Waals surface area contributed by atoms with E-state index in [0.29, 0.717) is 0 Å². The van der Waals surface area contributed by atoms with E-state index in [9.17, 15) is 0 Å². The van der Waals surface area contributed by atoms with Gasteiger partial charge in [-0.25, -0.2) is 0 Å². The predicted octanol–water partition coefficient (Wildman–Crippen LogP) is 2.96. The van der Waals surface area contributed by atoms with E-state index in [4.69, 9.17) is 0 Å². The summed E-state index contributed by atoms with van der Waals surface area (Å²) in [5.41, 5.74) is 3.18. The lowest BCUT2D eigenvalue weighted by atomic mass is 10.0. The second kappa shape index (κ2) is 3.08. The van der Waals surface area contributed by atoms with Crippen LogP contribution in [0.25, 0.3) is 0 Å². The van der Waals surface area contributed by atoms with Crippen molar-refractivity contribution in [1.82, 2.24) is 0 Å². The van der Waals surface area contributed by atoms with Crippen molar-refractivity contribution in [3.63, 3.8) is 0 Å². The van der Waals surface area contributed by atoms with Crippen LogP contribution in [0.1, 0.15) is 30.4 Å². The maximum Gasteiger partial charge on any atom is -0.0276 e. The van der Waals surface area contributed by atoms with Crippen molar-refractivity contribution >= 4 is 0 Å². The van der Waals surface area contributed by atoms with Gasteiger partial charge in [0.25, 0.3) is 0 Å². The Balaban J connectivity index is 2.33. The Morgan fingerprint density at radius 2 is 1.27 bits per heavy atom. The van der Waals surface area contributed by atoms with Gasteiger partial charge in [-0.2, -0.15) is 0 Å². The molecule has 1 aliphatic rings. The summed E-state index contributed by atoms with van der Waals surface area (Å²) in [5, 5.41) is 0. The molecule has 0 heteroatoms. The van der Waals surface area contributed by atoms with Crippen molar-refractivity contribution in [1.29, 1.82) is 0 Å². The van der Waals surface area contributed by atoms with Crippen LogP contribution in [0.5, 0.6) is 0 Å². The minimum atomic E-state index is 1.30. The minimum Gasteiger partial charge on any atom is -0.0620 e. The molecule has 0 atom stereocenters. The highest BCUT2D eigenvalue weighted by Gasteiger charge is 2.05. The molecule has 11 heavy (non-hydrogen) atoms. The number of rotatable bonds is 0. The van der Waals surface area contributed by atoms with Crippen LogP contribution in [0.2, 0.25) is 0 Å². The molecule has 0 bridgehead atoms. The molecule has 58 valence electrons. The van der Waals surface area contributed by atoms with E-state index in [2.05, 4.69) is 24.3 Å². The maximum atomic E-state index is 2.28. The number of benzene rings is 1. The SMILES string of the molecule is c1ccc2c(c1)CCCCC2. The third-order valence-electron chi connectivity index (χ3n) is 2.51. The van der Waals surface area contributed by atoms with E-state index >= 15 is 0 Å². The second-order valence-electron chi connectivity index (χ2n) is 3.33. The first-order chi connectivity index (χ1) is 5.47. The van der Waals surface area contributed by atoms with Gasteiger partial charge >= 0.3 is 0 Å². The summed E-state index contributed by atoms with van der Waals surface area (Å²) in [6, 6.07) is 8.87. The first kappa shape index (κ1) is 6.90. The Kier molecular flexibility index (Phi) is 1.93. The van der Waals surface area contributed by atoms with Gasteiger partial charge in [0.05, 0.1) is 0 Å². The van der Waals surface area contributed by atoms with Crippen LogP contribution in [0.4, 0.5) is 0 Å². The first-order valence-corrected chi connectivity index (χ1v) is 4.53. The second-order valence-corrected chi connectivity index (χ2v) is 3.33. The van der Waals surface area contributed by atoms with Gasteiger partial charge in [-0.3, -0.25) is 0 Å². The van der Waals surface area contributed by atoms with Crippen LogP contribution < -0.4 is 0 Å². The third-order valence-corrected chi connectivity index (χ3v) is 2.51. The zero-order valence-electron chi connectivity index (χ0n) is 6.84. The van der Waals surface area contributed by atoms with Gasteiger partial charge in [-0.1, -0.05) is 30.7 Å². The summed E-state index contributed by atoms with van der Waals surface area (Å²) >= 11 is 0. The standard InChI is InChI=1S/C11H14/c1-2-6-10-8-4-5-9-11(10)7-3-1/h4-5,8-9H,1-3,6-7H2. The summed E-state index contributed by atoms with van der Waals surface area (Å²) in [5.74, 6) is 0. The van der Waals surface area contributed by atoms with Crippen molar-refractivity contribution in [2.24, 2.45) is 0 Å². The van der Waals surface area contributed by atoms with E-state index < -0.39 is 0 Å². The molecule has 1 aromatic rings. The Morgan fingerprint density at radius 1 is 0.727 bits per heavy atom. The van der Waals surface area contributed by atoms with Crippen LogP contribution in [0.3, 0.4) is 0 Å². The van der Waals surface area contributed by atoms with Crippen molar-refractivity contribution in [2.75, 3.05) is 0 Å². The number of aryl methyl sites for hydroxylation is 2. The molecule has 2 rings (SSSR count). The third kappa shape index (κ3) is 1.45. The molecule has 0 radical (unpaired) electrons. The zero-order valence-corrected chi connectivity index (χ0v) is 6.84. The van der Waals surface area contributed by atoms with E-state index in [1.54, 1.807) is 11.1 Å². The Labute approximate surface area is 68.3 Å². The quantitative estimate of drug-likeness (QED) is 0.494. The van der Waals surface area contributed by atoms with Crippen LogP contribution in [0.15, 0.2) is 24.3 Å². The highest BCUT2D eigenvalue weighted by atomic mass is 14.1. The molecule has 0 spiro atoms. The molecule has 1 aliphatic carbocycles. The normalized spacial score (nSPS) is 17.1. The zero-order chi connectivity index (χ0) is 7.52. The fraction of sp³-hybridized carbons (Fsp3) is 0.455. The van der Waals surface area contributed by atoms with Gasteiger partial charge in [0.1, 0.15) is 0 Å². The smallest absolute Gasteiger partial charge is 0.0276 e. The van der Waals surface area contributed by atoms with Crippen LogP contribution in [-0.4, -0.2) is 0 Å². The van der Waals surface area contributed by atoms with Gasteiger partial charge in [-0.15, -0.1) is 0 Å². The molecular weight excluding hydrogens is 132 g/mol. The average Bonchev–Trinajstić information content (AvgIpc) is 2.28. The fourth-order valence-corrected chi connectivity index (χ4v) is 1.85. The highest BCUT2D eigenvalue weighted by molar-refractivity contribution is 5.27. The summed E-state index contributed by atoms with van der Waals surface area (Å²) in [7, 11) is 0. The number of fused-ring (bicyclic) bond motifs is 1. The molecule has 0 saturated carbocycles. The van der Waals surface area contributed by atoms with Crippen LogP contribution in [0, 0.1) is 0 Å². The molecule has 0 amide bonds. The summed E-state index contributed by atoms with van der Waals surface area (Å²) < 4.78 is 0. The summed E-state index contributed by atoms with van der Waals surface area (Å²) in [6.45, 7) is 0. The lowest BCUT2D eigenvalue weighted by Gasteiger charge is -2.02. The summed E-state index contributed by atoms with van der Waals surface area (Å²) in [4.78, 5) is 0. The van der Waals surface area contributed by atoms with E-state index in [1.807, 2.05) is 0 Å². The number of hydrogen-bond donors (Lipinski definition) is 0. The van der Waals surface area contributed by atoms with E-state index in [0.717, 1.165) is 0 Å². The molecule has 0 unspecified atom stereocenters. The van der Waals surface area contributed by atoms with Gasteiger partial charge < -0.3 is 0 Å². The van der Waals surface area contributed by atoms with Gasteiger partial charge in [-0.05, 0) is 36.8 Å². The predicted molar refractivity (Wildman–Crippen MR) is 47.7 cm³/mol. The van der Waals surface area contributed by atoms with Crippen molar-refractivity contribution in [2.45, 2.75) is 32.1 Å². The average molecular weight is 146 g/mol. The van der Waals surface area contributed by atoms with Gasteiger partial charge in [0.15, 0.2) is 0 Å². The fourth-order valence-electron chi connectivity index (χ4n) is 1.85. The van der Waals surface area contributed by atoms with E-state index in [1.165, 1.54) is 32.1 Å². The van der Waals surface area contributed by atoms with E-state index in [-0.39, 0.29) is 0 Å². The number of hydrogen-bond acceptors (Lipinski definition) is 0. The minimum absolute atomic E-state index is 1.30. The van der Waals surface area contributed by atoms with Gasteiger partial charge in [0.2, 0.25) is 0 Å². The van der Waals surface area contributed by atoms with Gasteiger partial charge in [0, 0.05) is 0 Å². The summed E-state index contributed by atoms with van der Waals surface area (Å²) in [6.07, 6.45) is 6.79. The largest absolute Gasteiger partial charge is 0.0620 e. The lowest BCUT2D eigenvalue weighted by Crippen LogP contribution is -1.88. The molecule has 0 heterocycles.